The SMILES string of the molecule is Cc1cc(C)c(NC(=O)CSCC(=O)O)c(Br)c1. The Balaban J connectivity index is 2.62. The molecule has 1 aromatic rings. The molecule has 0 aromatic heterocycles. The van der Waals surface area contributed by atoms with Crippen molar-refractivity contribution in [2.24, 2.45) is 0 Å². The number of rotatable bonds is 5. The standard InChI is InChI=1S/C12H14BrNO3S/c1-7-3-8(2)12(9(13)4-7)14-10(15)5-18-6-11(16)17/h3-4H,5-6H2,1-2H3,(H,14,15)(H,16,17). The summed E-state index contributed by atoms with van der Waals surface area (Å²) in [6.45, 7) is 3.89. The molecule has 6 heteroatoms. The van der Waals surface area contributed by atoms with Crippen LogP contribution in [0.3, 0.4) is 0 Å². The first-order chi connectivity index (χ1) is 8.40. The predicted octanol–water partition coefficient (Wildman–Crippen LogP) is 2.82. The molecule has 0 saturated carbocycles. The molecule has 98 valence electrons. The number of hydrogen-bond acceptors (Lipinski definition) is 3. The zero-order valence-corrected chi connectivity index (χ0v) is 12.5. The zero-order chi connectivity index (χ0) is 13.7. The fraction of sp³-hybridized carbons (Fsp3) is 0.333. The van der Waals surface area contributed by atoms with Crippen molar-refractivity contribution < 1.29 is 14.7 Å². The van der Waals surface area contributed by atoms with Gasteiger partial charge in [-0.05, 0) is 47.0 Å². The van der Waals surface area contributed by atoms with Crippen LogP contribution in [-0.4, -0.2) is 28.5 Å². The lowest BCUT2D eigenvalue weighted by Crippen LogP contribution is -2.16. The summed E-state index contributed by atoms with van der Waals surface area (Å²) in [6.07, 6.45) is 0. The Bertz CT molecular complexity index is 453. The van der Waals surface area contributed by atoms with Crippen LogP contribution < -0.4 is 5.32 Å². The summed E-state index contributed by atoms with van der Waals surface area (Å²) in [5.74, 6) is -1.05. The molecular formula is C12H14BrNO3S. The average Bonchev–Trinajstić information content (AvgIpc) is 2.22. The summed E-state index contributed by atoms with van der Waals surface area (Å²) >= 11 is 4.48. The van der Waals surface area contributed by atoms with Gasteiger partial charge in [0.25, 0.3) is 0 Å². The minimum Gasteiger partial charge on any atom is -0.481 e. The van der Waals surface area contributed by atoms with Gasteiger partial charge in [0.1, 0.15) is 0 Å². The molecule has 0 aliphatic heterocycles. The first-order valence-corrected chi connectivity index (χ1v) is 7.21. The fourth-order valence-corrected chi connectivity index (χ4v) is 2.79. The van der Waals surface area contributed by atoms with Gasteiger partial charge in [0, 0.05) is 4.47 Å². The van der Waals surface area contributed by atoms with E-state index in [2.05, 4.69) is 21.2 Å². The molecule has 0 aliphatic carbocycles. The number of thioether (sulfide) groups is 1. The molecule has 0 aliphatic rings. The van der Waals surface area contributed by atoms with E-state index in [1.54, 1.807) is 0 Å². The number of aliphatic carboxylic acids is 1. The molecule has 0 bridgehead atoms. The second-order valence-corrected chi connectivity index (χ2v) is 5.71. The van der Waals surface area contributed by atoms with Gasteiger partial charge in [-0.25, -0.2) is 0 Å². The number of carbonyl (C=O) groups excluding carboxylic acids is 1. The largest absolute Gasteiger partial charge is 0.481 e. The number of anilines is 1. The number of hydrogen-bond donors (Lipinski definition) is 2. The van der Waals surface area contributed by atoms with E-state index in [0.29, 0.717) is 0 Å². The lowest BCUT2D eigenvalue weighted by Gasteiger charge is -2.11. The highest BCUT2D eigenvalue weighted by Crippen LogP contribution is 2.27. The smallest absolute Gasteiger partial charge is 0.313 e. The van der Waals surface area contributed by atoms with E-state index in [0.717, 1.165) is 33.0 Å². The van der Waals surface area contributed by atoms with Crippen molar-refractivity contribution in [2.45, 2.75) is 13.8 Å². The van der Waals surface area contributed by atoms with E-state index in [4.69, 9.17) is 5.11 Å². The highest BCUT2D eigenvalue weighted by Gasteiger charge is 2.09. The van der Waals surface area contributed by atoms with Crippen molar-refractivity contribution in [1.82, 2.24) is 0 Å². The topological polar surface area (TPSA) is 66.4 Å². The molecule has 0 atom stereocenters. The monoisotopic (exact) mass is 331 g/mol. The highest BCUT2D eigenvalue weighted by molar-refractivity contribution is 9.10. The van der Waals surface area contributed by atoms with Crippen LogP contribution in [0.5, 0.6) is 0 Å². The number of carbonyl (C=O) groups is 2. The molecule has 4 nitrogen and oxygen atoms in total. The average molecular weight is 332 g/mol. The van der Waals surface area contributed by atoms with Crippen LogP contribution in [0.4, 0.5) is 5.69 Å². The second kappa shape index (κ2) is 6.80. The molecule has 1 aromatic carbocycles. The molecule has 0 radical (unpaired) electrons. The molecule has 0 saturated heterocycles. The Kier molecular flexibility index (Phi) is 5.68. The molecule has 0 fully saturated rings. The number of amides is 1. The van der Waals surface area contributed by atoms with Crippen molar-refractivity contribution in [3.05, 3.63) is 27.7 Å². The maximum Gasteiger partial charge on any atom is 0.313 e. The minimum atomic E-state index is -0.916. The number of aryl methyl sites for hydroxylation is 2. The second-order valence-electron chi connectivity index (χ2n) is 3.87. The molecule has 1 rings (SSSR count). The maximum atomic E-state index is 11.6. The zero-order valence-electron chi connectivity index (χ0n) is 10.1. The Morgan fingerprint density at radius 1 is 1.33 bits per heavy atom. The van der Waals surface area contributed by atoms with Crippen molar-refractivity contribution in [2.75, 3.05) is 16.8 Å². The van der Waals surface area contributed by atoms with Crippen molar-refractivity contribution >= 4 is 45.3 Å². The first-order valence-electron chi connectivity index (χ1n) is 5.26. The van der Waals surface area contributed by atoms with Crippen molar-refractivity contribution in [3.8, 4) is 0 Å². The third-order valence-corrected chi connectivity index (χ3v) is 3.70. The van der Waals surface area contributed by atoms with Crippen LogP contribution in [-0.2, 0) is 9.59 Å². The van der Waals surface area contributed by atoms with Crippen LogP contribution in [0.15, 0.2) is 16.6 Å². The van der Waals surface area contributed by atoms with E-state index in [1.807, 2.05) is 26.0 Å². The molecule has 0 unspecified atom stereocenters. The lowest BCUT2D eigenvalue weighted by atomic mass is 10.1. The molecule has 1 amide bonds. The van der Waals surface area contributed by atoms with Gasteiger partial charge in [-0.1, -0.05) is 6.07 Å². The predicted molar refractivity (Wildman–Crippen MR) is 77.2 cm³/mol. The van der Waals surface area contributed by atoms with Gasteiger partial charge >= 0.3 is 5.97 Å². The summed E-state index contributed by atoms with van der Waals surface area (Å²) < 4.78 is 0.830. The summed E-state index contributed by atoms with van der Waals surface area (Å²) in [4.78, 5) is 22.0. The number of nitrogens with one attached hydrogen (secondary N) is 1. The molecule has 18 heavy (non-hydrogen) atoms. The Morgan fingerprint density at radius 3 is 2.56 bits per heavy atom. The van der Waals surface area contributed by atoms with E-state index in [-0.39, 0.29) is 17.4 Å². The normalized spacial score (nSPS) is 10.2. The van der Waals surface area contributed by atoms with E-state index >= 15 is 0 Å². The summed E-state index contributed by atoms with van der Waals surface area (Å²) in [7, 11) is 0. The fourth-order valence-electron chi connectivity index (χ4n) is 1.48. The number of benzene rings is 1. The molecule has 0 heterocycles. The summed E-state index contributed by atoms with van der Waals surface area (Å²) in [5.41, 5.74) is 2.82. The lowest BCUT2D eigenvalue weighted by molar-refractivity contribution is -0.133. The van der Waals surface area contributed by atoms with Gasteiger partial charge in [0.15, 0.2) is 0 Å². The van der Waals surface area contributed by atoms with Gasteiger partial charge in [0.05, 0.1) is 17.2 Å². The Hall–Kier alpha value is -1.01. The minimum absolute atomic E-state index is 0.0680. The van der Waals surface area contributed by atoms with Crippen LogP contribution in [0.1, 0.15) is 11.1 Å². The van der Waals surface area contributed by atoms with Gasteiger partial charge in [-0.3, -0.25) is 9.59 Å². The van der Waals surface area contributed by atoms with E-state index in [1.165, 1.54) is 0 Å². The van der Waals surface area contributed by atoms with Gasteiger partial charge < -0.3 is 10.4 Å². The van der Waals surface area contributed by atoms with Crippen molar-refractivity contribution in [3.63, 3.8) is 0 Å². The first kappa shape index (κ1) is 15.0. The van der Waals surface area contributed by atoms with E-state index < -0.39 is 5.97 Å². The third-order valence-electron chi connectivity index (χ3n) is 2.15. The number of halogens is 1. The maximum absolute atomic E-state index is 11.6. The Morgan fingerprint density at radius 2 is 2.00 bits per heavy atom. The van der Waals surface area contributed by atoms with Crippen molar-refractivity contribution in [1.29, 1.82) is 0 Å². The molecule has 2 N–H and O–H groups in total. The highest BCUT2D eigenvalue weighted by atomic mass is 79.9. The van der Waals surface area contributed by atoms with Crippen LogP contribution in [0.25, 0.3) is 0 Å². The van der Waals surface area contributed by atoms with E-state index in [9.17, 15) is 9.59 Å². The molecule has 0 spiro atoms. The van der Waals surface area contributed by atoms with Crippen LogP contribution in [0.2, 0.25) is 0 Å². The number of carboxylic acid groups (broad SMARTS) is 1. The third kappa shape index (κ3) is 4.70. The summed E-state index contributed by atoms with van der Waals surface area (Å²) in [5, 5.41) is 11.3. The van der Waals surface area contributed by atoms with Gasteiger partial charge in [-0.15, -0.1) is 11.8 Å². The van der Waals surface area contributed by atoms with Crippen LogP contribution >= 0.6 is 27.7 Å². The number of carboxylic acids is 1. The Labute approximate surface area is 118 Å². The quantitative estimate of drug-likeness (QED) is 0.870. The summed E-state index contributed by atoms with van der Waals surface area (Å²) in [6, 6.07) is 3.90. The molecular weight excluding hydrogens is 318 g/mol. The van der Waals surface area contributed by atoms with Gasteiger partial charge in [-0.2, -0.15) is 0 Å². The van der Waals surface area contributed by atoms with Gasteiger partial charge in [0.2, 0.25) is 5.91 Å². The van der Waals surface area contributed by atoms with Crippen LogP contribution in [0, 0.1) is 13.8 Å².